The minimum absolute atomic E-state index is 0.176. The van der Waals surface area contributed by atoms with Crippen LogP contribution in [-0.4, -0.2) is 34.2 Å². The lowest BCUT2D eigenvalue weighted by molar-refractivity contribution is 0.0600. The standard InChI is InChI=1S/C15H16N4O3/c1-22-15(21)9-5-6-16-12(7-9)14(20)17-8-13-10-3-2-4-11(10)18-19-13/h5-7H,2-4,8H2,1H3,(H,17,20)(H,18,19). The molecule has 1 aliphatic carbocycles. The number of H-pyrrole nitrogens is 1. The Labute approximate surface area is 127 Å². The minimum Gasteiger partial charge on any atom is -0.465 e. The molecule has 0 radical (unpaired) electrons. The summed E-state index contributed by atoms with van der Waals surface area (Å²) in [6, 6.07) is 2.92. The Bertz CT molecular complexity index is 723. The number of methoxy groups -OCH3 is 1. The Kier molecular flexibility index (Phi) is 3.86. The molecule has 0 unspecified atom stereocenters. The Morgan fingerprint density at radius 2 is 2.27 bits per heavy atom. The lowest BCUT2D eigenvalue weighted by atomic mass is 10.2. The number of aryl methyl sites for hydroxylation is 1. The van der Waals surface area contributed by atoms with Crippen molar-refractivity contribution in [2.45, 2.75) is 25.8 Å². The van der Waals surface area contributed by atoms with Crippen LogP contribution >= 0.6 is 0 Å². The molecule has 2 aromatic heterocycles. The topological polar surface area (TPSA) is 97.0 Å². The van der Waals surface area contributed by atoms with Crippen molar-refractivity contribution in [1.82, 2.24) is 20.5 Å². The average Bonchev–Trinajstić information content (AvgIpc) is 3.15. The zero-order valence-electron chi connectivity index (χ0n) is 12.2. The fraction of sp³-hybridized carbons (Fsp3) is 0.333. The first-order chi connectivity index (χ1) is 10.7. The second-order valence-electron chi connectivity index (χ2n) is 5.08. The predicted molar refractivity (Wildman–Crippen MR) is 77.4 cm³/mol. The SMILES string of the molecule is COC(=O)c1ccnc(C(=O)NCc2n[nH]c3c2CCC3)c1. The van der Waals surface area contributed by atoms with Crippen molar-refractivity contribution in [2.24, 2.45) is 0 Å². The van der Waals surface area contributed by atoms with Crippen molar-refractivity contribution >= 4 is 11.9 Å². The minimum atomic E-state index is -0.499. The van der Waals surface area contributed by atoms with Gasteiger partial charge in [-0.1, -0.05) is 0 Å². The number of aromatic amines is 1. The number of ether oxygens (including phenoxy) is 1. The molecule has 0 aromatic carbocycles. The van der Waals surface area contributed by atoms with Crippen molar-refractivity contribution in [1.29, 1.82) is 0 Å². The highest BCUT2D eigenvalue weighted by Gasteiger charge is 2.19. The lowest BCUT2D eigenvalue weighted by Gasteiger charge is -2.05. The fourth-order valence-corrected chi connectivity index (χ4v) is 2.59. The van der Waals surface area contributed by atoms with Gasteiger partial charge in [-0.2, -0.15) is 5.10 Å². The molecule has 0 bridgehead atoms. The second kappa shape index (κ2) is 5.97. The number of amides is 1. The Hall–Kier alpha value is -2.70. The van der Waals surface area contributed by atoms with Crippen molar-refractivity contribution in [2.75, 3.05) is 7.11 Å². The van der Waals surface area contributed by atoms with E-state index in [0.717, 1.165) is 30.7 Å². The third-order valence-corrected chi connectivity index (χ3v) is 3.72. The van der Waals surface area contributed by atoms with Crippen molar-refractivity contribution in [3.05, 3.63) is 46.5 Å². The van der Waals surface area contributed by atoms with Crippen LogP contribution in [0.5, 0.6) is 0 Å². The Morgan fingerprint density at radius 1 is 1.41 bits per heavy atom. The molecular formula is C15H16N4O3. The smallest absolute Gasteiger partial charge is 0.337 e. The summed E-state index contributed by atoms with van der Waals surface area (Å²) in [6.07, 6.45) is 4.53. The highest BCUT2D eigenvalue weighted by atomic mass is 16.5. The normalized spacial score (nSPS) is 12.8. The van der Waals surface area contributed by atoms with E-state index in [4.69, 9.17) is 0 Å². The van der Waals surface area contributed by atoms with Crippen LogP contribution in [0.25, 0.3) is 0 Å². The first-order valence-corrected chi connectivity index (χ1v) is 7.06. The van der Waals surface area contributed by atoms with Gasteiger partial charge in [-0.25, -0.2) is 4.79 Å². The van der Waals surface area contributed by atoms with E-state index in [1.807, 2.05) is 0 Å². The van der Waals surface area contributed by atoms with Crippen molar-refractivity contribution in [3.63, 3.8) is 0 Å². The molecule has 0 atom stereocenters. The molecule has 0 fully saturated rings. The lowest BCUT2D eigenvalue weighted by Crippen LogP contribution is -2.24. The number of pyridine rings is 1. The molecule has 114 valence electrons. The number of rotatable bonds is 4. The molecule has 22 heavy (non-hydrogen) atoms. The molecule has 2 N–H and O–H groups in total. The van der Waals surface area contributed by atoms with Crippen LogP contribution in [0.4, 0.5) is 0 Å². The molecule has 2 heterocycles. The Balaban J connectivity index is 1.68. The van der Waals surface area contributed by atoms with Gasteiger partial charge in [0.25, 0.3) is 5.91 Å². The highest BCUT2D eigenvalue weighted by Crippen LogP contribution is 2.22. The van der Waals surface area contributed by atoms with Crippen molar-refractivity contribution < 1.29 is 14.3 Å². The zero-order valence-corrected chi connectivity index (χ0v) is 12.2. The number of esters is 1. The average molecular weight is 300 g/mol. The van der Waals surface area contributed by atoms with E-state index in [0.29, 0.717) is 12.1 Å². The molecule has 7 heteroatoms. The van der Waals surface area contributed by atoms with Crippen LogP contribution in [0.15, 0.2) is 18.3 Å². The number of carbonyl (C=O) groups excluding carboxylic acids is 2. The van der Waals surface area contributed by atoms with E-state index in [9.17, 15) is 9.59 Å². The van der Waals surface area contributed by atoms with E-state index in [2.05, 4.69) is 25.2 Å². The summed E-state index contributed by atoms with van der Waals surface area (Å²) in [7, 11) is 1.29. The summed E-state index contributed by atoms with van der Waals surface area (Å²) in [5.74, 6) is -0.845. The summed E-state index contributed by atoms with van der Waals surface area (Å²) in [6.45, 7) is 0.342. The monoisotopic (exact) mass is 300 g/mol. The van der Waals surface area contributed by atoms with E-state index < -0.39 is 5.97 Å². The van der Waals surface area contributed by atoms with Gasteiger partial charge in [0.1, 0.15) is 5.69 Å². The van der Waals surface area contributed by atoms with E-state index in [1.54, 1.807) is 0 Å². The number of aromatic nitrogens is 3. The second-order valence-corrected chi connectivity index (χ2v) is 5.08. The maximum Gasteiger partial charge on any atom is 0.337 e. The van der Waals surface area contributed by atoms with Gasteiger partial charge in [-0.05, 0) is 37.0 Å². The largest absolute Gasteiger partial charge is 0.465 e. The van der Waals surface area contributed by atoms with Gasteiger partial charge in [-0.3, -0.25) is 14.9 Å². The van der Waals surface area contributed by atoms with E-state index in [1.165, 1.54) is 31.0 Å². The highest BCUT2D eigenvalue weighted by molar-refractivity contribution is 5.96. The van der Waals surface area contributed by atoms with Gasteiger partial charge in [0.05, 0.1) is 24.9 Å². The first kappa shape index (κ1) is 14.2. The van der Waals surface area contributed by atoms with Crippen LogP contribution in [0.2, 0.25) is 0 Å². The predicted octanol–water partition coefficient (Wildman–Crippen LogP) is 1.01. The molecule has 0 spiro atoms. The molecule has 0 saturated carbocycles. The summed E-state index contributed by atoms with van der Waals surface area (Å²) in [4.78, 5) is 27.6. The maximum absolute atomic E-state index is 12.1. The summed E-state index contributed by atoms with van der Waals surface area (Å²) < 4.78 is 4.63. The maximum atomic E-state index is 12.1. The molecule has 0 aliphatic heterocycles. The van der Waals surface area contributed by atoms with Crippen LogP contribution in [0.1, 0.15) is 44.2 Å². The summed E-state index contributed by atoms with van der Waals surface area (Å²) in [5, 5.41) is 10.0. The third kappa shape index (κ3) is 2.69. The summed E-state index contributed by atoms with van der Waals surface area (Å²) >= 11 is 0. The quantitative estimate of drug-likeness (QED) is 0.821. The van der Waals surface area contributed by atoms with Gasteiger partial charge >= 0.3 is 5.97 Å². The Morgan fingerprint density at radius 3 is 3.09 bits per heavy atom. The third-order valence-electron chi connectivity index (χ3n) is 3.72. The van der Waals surface area contributed by atoms with Crippen LogP contribution in [-0.2, 0) is 24.1 Å². The van der Waals surface area contributed by atoms with Crippen LogP contribution in [0.3, 0.4) is 0 Å². The number of hydrogen-bond acceptors (Lipinski definition) is 5. The first-order valence-electron chi connectivity index (χ1n) is 7.06. The van der Waals surface area contributed by atoms with Gasteiger partial charge in [0.15, 0.2) is 0 Å². The van der Waals surface area contributed by atoms with Gasteiger partial charge in [0, 0.05) is 11.9 Å². The number of carbonyl (C=O) groups is 2. The van der Waals surface area contributed by atoms with E-state index in [-0.39, 0.29) is 11.6 Å². The van der Waals surface area contributed by atoms with Gasteiger partial charge in [-0.15, -0.1) is 0 Å². The molecule has 3 rings (SSSR count). The molecule has 1 aliphatic rings. The number of nitrogens with zero attached hydrogens (tertiary/aromatic N) is 2. The molecule has 7 nitrogen and oxygen atoms in total. The number of fused-ring (bicyclic) bond motifs is 1. The molecule has 1 amide bonds. The molecular weight excluding hydrogens is 284 g/mol. The molecule has 0 saturated heterocycles. The van der Waals surface area contributed by atoms with Gasteiger partial charge in [0.2, 0.25) is 0 Å². The van der Waals surface area contributed by atoms with E-state index >= 15 is 0 Å². The molecule has 2 aromatic rings. The summed E-state index contributed by atoms with van der Waals surface area (Å²) in [5.41, 5.74) is 3.70. The zero-order chi connectivity index (χ0) is 15.5. The van der Waals surface area contributed by atoms with Crippen LogP contribution < -0.4 is 5.32 Å². The van der Waals surface area contributed by atoms with Crippen LogP contribution in [0, 0.1) is 0 Å². The fourth-order valence-electron chi connectivity index (χ4n) is 2.59. The van der Waals surface area contributed by atoms with Gasteiger partial charge < -0.3 is 10.1 Å². The van der Waals surface area contributed by atoms with Crippen molar-refractivity contribution in [3.8, 4) is 0 Å². The number of hydrogen-bond donors (Lipinski definition) is 2. The number of nitrogens with one attached hydrogen (secondary N) is 2.